The predicted molar refractivity (Wildman–Crippen MR) is 130 cm³/mol. The van der Waals surface area contributed by atoms with E-state index in [0.717, 1.165) is 44.9 Å². The first-order valence-electron chi connectivity index (χ1n) is 13.5. The normalized spacial score (nSPS) is 57.8. The Labute approximate surface area is 200 Å². The topological polar surface area (TPSA) is 80.9 Å². The molecule has 188 valence electrons. The molecule has 0 aromatic carbocycles. The van der Waals surface area contributed by atoms with Crippen LogP contribution in [0.3, 0.4) is 0 Å². The molecule has 0 aromatic heterocycles. The molecule has 4 saturated carbocycles. The molecule has 4 heteroatoms. The molecular formula is C29H48O4. The van der Waals surface area contributed by atoms with Crippen molar-refractivity contribution in [3.8, 4) is 0 Å². The van der Waals surface area contributed by atoms with E-state index in [4.69, 9.17) is 0 Å². The number of hydrogen-bond acceptors (Lipinski definition) is 4. The lowest BCUT2D eigenvalue weighted by molar-refractivity contribution is -0.243. The van der Waals surface area contributed by atoms with E-state index < -0.39 is 17.6 Å². The van der Waals surface area contributed by atoms with E-state index in [-0.39, 0.29) is 40.3 Å². The summed E-state index contributed by atoms with van der Waals surface area (Å²) in [5.74, 6) is 0.548. The van der Waals surface area contributed by atoms with Crippen molar-refractivity contribution in [2.45, 2.75) is 118 Å². The highest BCUT2D eigenvalue weighted by Gasteiger charge is 2.69. The fourth-order valence-electron chi connectivity index (χ4n) is 10.7. The molecule has 4 fully saturated rings. The number of allylic oxidation sites excluding steroid dienone is 1. The maximum Gasteiger partial charge on any atom is 0.0877 e. The monoisotopic (exact) mass is 460 g/mol. The highest BCUT2D eigenvalue weighted by Crippen LogP contribution is 2.74. The van der Waals surface area contributed by atoms with Crippen LogP contribution in [-0.4, -0.2) is 45.3 Å². The van der Waals surface area contributed by atoms with Crippen LogP contribution >= 0.6 is 0 Å². The quantitative estimate of drug-likeness (QED) is 0.422. The van der Waals surface area contributed by atoms with Crippen LogP contribution in [-0.2, 0) is 0 Å². The average Bonchev–Trinajstić information content (AvgIpc) is 3.06. The number of aliphatic hydroxyl groups excluding tert-OH is 4. The number of aliphatic hydroxyl groups is 4. The zero-order valence-corrected chi connectivity index (χ0v) is 21.8. The van der Waals surface area contributed by atoms with Crippen molar-refractivity contribution in [2.75, 3.05) is 6.61 Å². The first kappa shape index (κ1) is 24.3. The highest BCUT2D eigenvalue weighted by atomic mass is 16.3. The lowest BCUT2D eigenvalue weighted by Crippen LogP contribution is -2.68. The lowest BCUT2D eigenvalue weighted by atomic mass is 9.34. The Morgan fingerprint density at radius 3 is 2.15 bits per heavy atom. The van der Waals surface area contributed by atoms with Gasteiger partial charge in [-0.15, -0.1) is 0 Å². The molecule has 10 atom stereocenters. The summed E-state index contributed by atoms with van der Waals surface area (Å²) < 4.78 is 0. The van der Waals surface area contributed by atoms with E-state index in [1.807, 2.05) is 6.92 Å². The van der Waals surface area contributed by atoms with Crippen molar-refractivity contribution >= 4 is 0 Å². The Balaban J connectivity index is 1.55. The second-order valence-corrected chi connectivity index (χ2v) is 14.8. The minimum absolute atomic E-state index is 0.0391. The minimum atomic E-state index is -0.878. The van der Waals surface area contributed by atoms with Gasteiger partial charge in [-0.1, -0.05) is 47.6 Å². The van der Waals surface area contributed by atoms with E-state index >= 15 is 0 Å². The first-order chi connectivity index (χ1) is 15.2. The maximum absolute atomic E-state index is 11.9. The van der Waals surface area contributed by atoms with E-state index in [1.165, 1.54) is 12.0 Å². The summed E-state index contributed by atoms with van der Waals surface area (Å²) in [6.45, 7) is 13.8. The highest BCUT2D eigenvalue weighted by molar-refractivity contribution is 5.34. The third-order valence-electron chi connectivity index (χ3n) is 12.7. The standard InChI is InChI=1S/C29H48O4/c1-24(2)11-13-29(16-24)14-12-27(5)18(22(29)32)7-8-21-25(3)15-19(31)23(33)26(4,17-30)20(25)9-10-28(21,27)6/h7,19-23,30-33H,8-17H2,1-6H3/t19-,20-,21-,22-,23-,25+,26+,27-,28-,29+/m1/s1. The molecule has 0 aromatic rings. The third kappa shape index (κ3) is 2.90. The molecule has 5 aliphatic carbocycles. The summed E-state index contributed by atoms with van der Waals surface area (Å²) in [5, 5.41) is 44.1. The SMILES string of the molecule is CC1(C)CC[C@]2(CC[C@]3(C)C(=CC[C@@H]4[C@@]5(C)C[C@@H](O)[C@@H](O)[C@@](C)(CO)[C@@H]5CC[C@]43C)[C@H]2O)C1. The van der Waals surface area contributed by atoms with Crippen molar-refractivity contribution < 1.29 is 20.4 Å². The number of rotatable bonds is 1. The molecule has 0 radical (unpaired) electrons. The van der Waals surface area contributed by atoms with Gasteiger partial charge in [0.05, 0.1) is 24.9 Å². The molecule has 1 spiro atoms. The zero-order chi connectivity index (χ0) is 24.2. The van der Waals surface area contributed by atoms with E-state index in [1.54, 1.807) is 0 Å². The maximum atomic E-state index is 11.9. The van der Waals surface area contributed by atoms with Crippen LogP contribution in [0.15, 0.2) is 11.6 Å². The molecule has 0 amide bonds. The number of hydrogen-bond donors (Lipinski definition) is 4. The minimum Gasteiger partial charge on any atom is -0.396 e. The van der Waals surface area contributed by atoms with Gasteiger partial charge < -0.3 is 20.4 Å². The molecule has 0 saturated heterocycles. The van der Waals surface area contributed by atoms with Gasteiger partial charge in [0, 0.05) is 10.8 Å². The second-order valence-electron chi connectivity index (χ2n) is 14.8. The van der Waals surface area contributed by atoms with E-state index in [9.17, 15) is 20.4 Å². The van der Waals surface area contributed by atoms with Gasteiger partial charge in [0.25, 0.3) is 0 Å². The molecule has 0 heterocycles. The van der Waals surface area contributed by atoms with Gasteiger partial charge in [-0.3, -0.25) is 0 Å². The summed E-state index contributed by atoms with van der Waals surface area (Å²) in [7, 11) is 0. The predicted octanol–water partition coefficient (Wildman–Crippen LogP) is 4.84. The van der Waals surface area contributed by atoms with Gasteiger partial charge in [0.1, 0.15) is 0 Å². The van der Waals surface area contributed by atoms with Crippen molar-refractivity contribution in [2.24, 2.45) is 44.3 Å². The van der Waals surface area contributed by atoms with Crippen LogP contribution in [0.1, 0.15) is 99.3 Å². The Morgan fingerprint density at radius 2 is 1.55 bits per heavy atom. The van der Waals surface area contributed by atoms with Crippen molar-refractivity contribution in [1.82, 2.24) is 0 Å². The fourth-order valence-corrected chi connectivity index (χ4v) is 10.7. The summed E-state index contributed by atoms with van der Waals surface area (Å²) in [6, 6.07) is 0. The van der Waals surface area contributed by atoms with Crippen LogP contribution in [0.4, 0.5) is 0 Å². The van der Waals surface area contributed by atoms with Crippen molar-refractivity contribution in [1.29, 1.82) is 0 Å². The first-order valence-corrected chi connectivity index (χ1v) is 13.5. The van der Waals surface area contributed by atoms with Crippen LogP contribution in [0.5, 0.6) is 0 Å². The molecule has 33 heavy (non-hydrogen) atoms. The summed E-state index contributed by atoms with van der Waals surface area (Å²) >= 11 is 0. The van der Waals surface area contributed by atoms with Gasteiger partial charge in [-0.2, -0.15) is 0 Å². The second kappa shape index (κ2) is 7.08. The fraction of sp³-hybridized carbons (Fsp3) is 0.931. The van der Waals surface area contributed by atoms with Gasteiger partial charge in [-0.25, -0.2) is 0 Å². The van der Waals surface area contributed by atoms with Gasteiger partial charge in [-0.05, 0) is 96.9 Å². The molecule has 4 N–H and O–H groups in total. The zero-order valence-electron chi connectivity index (χ0n) is 21.8. The summed E-state index contributed by atoms with van der Waals surface area (Å²) in [6.07, 6.45) is 9.58. The van der Waals surface area contributed by atoms with Crippen LogP contribution < -0.4 is 0 Å². The number of fused-ring (bicyclic) bond motifs is 5. The Bertz CT molecular complexity index is 851. The molecule has 0 bridgehead atoms. The van der Waals surface area contributed by atoms with Gasteiger partial charge in [0.2, 0.25) is 0 Å². The molecule has 5 aliphatic rings. The molecule has 4 nitrogen and oxygen atoms in total. The Kier molecular flexibility index (Phi) is 5.21. The van der Waals surface area contributed by atoms with Gasteiger partial charge in [0.15, 0.2) is 0 Å². The molecule has 0 aliphatic heterocycles. The Hall–Kier alpha value is -0.420. The third-order valence-corrected chi connectivity index (χ3v) is 12.7. The summed E-state index contributed by atoms with van der Waals surface area (Å²) in [5.41, 5.74) is 0.826. The van der Waals surface area contributed by atoms with Crippen LogP contribution in [0, 0.1) is 44.3 Å². The Morgan fingerprint density at radius 1 is 0.879 bits per heavy atom. The summed E-state index contributed by atoms with van der Waals surface area (Å²) in [4.78, 5) is 0. The van der Waals surface area contributed by atoms with Gasteiger partial charge >= 0.3 is 0 Å². The smallest absolute Gasteiger partial charge is 0.0877 e. The van der Waals surface area contributed by atoms with E-state index in [0.29, 0.717) is 17.8 Å². The van der Waals surface area contributed by atoms with Crippen molar-refractivity contribution in [3.63, 3.8) is 0 Å². The van der Waals surface area contributed by atoms with E-state index in [2.05, 4.69) is 40.7 Å². The largest absolute Gasteiger partial charge is 0.396 e. The van der Waals surface area contributed by atoms with Crippen LogP contribution in [0.25, 0.3) is 0 Å². The van der Waals surface area contributed by atoms with Crippen LogP contribution in [0.2, 0.25) is 0 Å². The average molecular weight is 461 g/mol. The van der Waals surface area contributed by atoms with Crippen molar-refractivity contribution in [3.05, 3.63) is 11.6 Å². The lowest BCUT2D eigenvalue weighted by Gasteiger charge is -2.70. The molecular weight excluding hydrogens is 412 g/mol. The molecule has 0 unspecified atom stereocenters. The molecule has 5 rings (SSSR count).